The van der Waals surface area contributed by atoms with E-state index in [9.17, 15) is 4.79 Å². The number of carbonyl (C=O) groups is 1. The Morgan fingerprint density at radius 2 is 2.00 bits per heavy atom. The van der Waals surface area contributed by atoms with Crippen LogP contribution in [0.2, 0.25) is 0 Å². The molecule has 3 aromatic rings. The third-order valence-electron chi connectivity index (χ3n) is 2.60. The third kappa shape index (κ3) is 2.03. The first-order valence-electron chi connectivity index (χ1n) is 5.56. The lowest BCUT2D eigenvalue weighted by atomic mass is 10.2. The monoisotopic (exact) mass is 255 g/mol. The highest BCUT2D eigenvalue weighted by atomic mass is 16.5. The molecule has 1 aromatic carbocycles. The van der Waals surface area contributed by atoms with Gasteiger partial charge in [-0.15, -0.1) is 10.2 Å². The number of aromatic nitrogens is 3. The van der Waals surface area contributed by atoms with Crippen molar-refractivity contribution < 1.29 is 13.9 Å². The van der Waals surface area contributed by atoms with Crippen LogP contribution < -0.4 is 0 Å². The molecule has 19 heavy (non-hydrogen) atoms. The van der Waals surface area contributed by atoms with E-state index in [2.05, 4.69) is 19.9 Å². The third-order valence-corrected chi connectivity index (χ3v) is 2.60. The number of nitrogens with zero attached hydrogens (tertiary/aromatic N) is 3. The lowest BCUT2D eigenvalue weighted by Gasteiger charge is -1.98. The van der Waals surface area contributed by atoms with Crippen molar-refractivity contribution in [2.45, 2.75) is 0 Å². The Hall–Kier alpha value is -2.76. The molecule has 3 rings (SSSR count). The zero-order valence-electron chi connectivity index (χ0n) is 10.0. The van der Waals surface area contributed by atoms with E-state index < -0.39 is 5.97 Å². The van der Waals surface area contributed by atoms with Gasteiger partial charge in [0.1, 0.15) is 5.69 Å². The number of hydrogen-bond acceptors (Lipinski definition) is 6. The van der Waals surface area contributed by atoms with Crippen molar-refractivity contribution in [2.24, 2.45) is 0 Å². The van der Waals surface area contributed by atoms with Crippen LogP contribution in [0.5, 0.6) is 0 Å². The van der Waals surface area contributed by atoms with E-state index in [1.165, 1.54) is 7.11 Å². The largest absolute Gasteiger partial charge is 0.462 e. The first-order valence-corrected chi connectivity index (χ1v) is 5.56. The maximum atomic E-state index is 11.2. The number of benzene rings is 1. The second-order valence-corrected chi connectivity index (χ2v) is 3.79. The van der Waals surface area contributed by atoms with Crippen molar-refractivity contribution >= 4 is 16.9 Å². The van der Waals surface area contributed by atoms with Gasteiger partial charge in [0.2, 0.25) is 0 Å². The first-order chi connectivity index (χ1) is 9.28. The lowest BCUT2D eigenvalue weighted by Crippen LogP contribution is -2.00. The SMILES string of the molecule is COC(=O)c1nnc(-c2ccc3ccccc3n2)o1. The summed E-state index contributed by atoms with van der Waals surface area (Å²) in [6, 6.07) is 11.3. The normalized spacial score (nSPS) is 10.6. The first kappa shape index (κ1) is 11.3. The van der Waals surface area contributed by atoms with Gasteiger partial charge in [0.25, 0.3) is 5.89 Å². The zero-order chi connectivity index (χ0) is 13.2. The van der Waals surface area contributed by atoms with E-state index in [1.54, 1.807) is 6.07 Å². The number of para-hydroxylation sites is 1. The van der Waals surface area contributed by atoms with Gasteiger partial charge in [-0.3, -0.25) is 0 Å². The number of rotatable bonds is 2. The number of pyridine rings is 1. The molecule has 94 valence electrons. The minimum Gasteiger partial charge on any atom is -0.462 e. The molecule has 0 aliphatic carbocycles. The molecule has 0 saturated carbocycles. The van der Waals surface area contributed by atoms with Crippen LogP contribution in [0.15, 0.2) is 40.8 Å². The molecule has 0 radical (unpaired) electrons. The van der Waals surface area contributed by atoms with Gasteiger partial charge >= 0.3 is 11.9 Å². The summed E-state index contributed by atoms with van der Waals surface area (Å²) in [7, 11) is 1.25. The number of esters is 1. The molecule has 0 atom stereocenters. The molecule has 0 amide bonds. The second-order valence-electron chi connectivity index (χ2n) is 3.79. The van der Waals surface area contributed by atoms with Crippen LogP contribution in [0.25, 0.3) is 22.5 Å². The number of ether oxygens (including phenoxy) is 1. The maximum absolute atomic E-state index is 11.2. The molecule has 0 saturated heterocycles. The standard InChI is InChI=1S/C13H9N3O3/c1-18-13(17)12-16-15-11(19-12)10-7-6-8-4-2-3-5-9(8)14-10/h2-7H,1H3. The molecule has 6 heteroatoms. The Morgan fingerprint density at radius 3 is 2.84 bits per heavy atom. The van der Waals surface area contributed by atoms with Crippen LogP contribution in [-0.2, 0) is 4.74 Å². The number of methoxy groups -OCH3 is 1. The quantitative estimate of drug-likeness (QED) is 0.652. The predicted octanol–water partition coefficient (Wildman–Crippen LogP) is 2.07. The van der Waals surface area contributed by atoms with E-state index in [-0.39, 0.29) is 11.8 Å². The van der Waals surface area contributed by atoms with Crippen LogP contribution in [0.4, 0.5) is 0 Å². The summed E-state index contributed by atoms with van der Waals surface area (Å²) in [4.78, 5) is 15.6. The molecule has 0 fully saturated rings. The fraction of sp³-hybridized carbons (Fsp3) is 0.0769. The Bertz CT molecular complexity index is 751. The van der Waals surface area contributed by atoms with E-state index >= 15 is 0 Å². The van der Waals surface area contributed by atoms with Crippen LogP contribution in [0.3, 0.4) is 0 Å². The summed E-state index contributed by atoms with van der Waals surface area (Å²) < 4.78 is 9.71. The van der Waals surface area contributed by atoms with Crippen molar-refractivity contribution in [1.29, 1.82) is 0 Å². The van der Waals surface area contributed by atoms with Gasteiger partial charge in [0.15, 0.2) is 0 Å². The minimum absolute atomic E-state index is 0.186. The summed E-state index contributed by atoms with van der Waals surface area (Å²) in [5.41, 5.74) is 1.33. The fourth-order valence-corrected chi connectivity index (χ4v) is 1.68. The molecule has 0 N–H and O–H groups in total. The van der Waals surface area contributed by atoms with Crippen molar-refractivity contribution in [1.82, 2.24) is 15.2 Å². The molecular formula is C13H9N3O3. The van der Waals surface area contributed by atoms with Crippen LogP contribution >= 0.6 is 0 Å². The van der Waals surface area contributed by atoms with E-state index in [0.29, 0.717) is 5.69 Å². The average molecular weight is 255 g/mol. The summed E-state index contributed by atoms with van der Waals surface area (Å²) in [5, 5.41) is 8.41. The van der Waals surface area contributed by atoms with Crippen molar-refractivity contribution in [3.05, 3.63) is 42.3 Å². The summed E-state index contributed by atoms with van der Waals surface area (Å²) >= 11 is 0. The Morgan fingerprint density at radius 1 is 1.16 bits per heavy atom. The van der Waals surface area contributed by atoms with Gasteiger partial charge in [-0.2, -0.15) is 0 Å². The fourth-order valence-electron chi connectivity index (χ4n) is 1.68. The highest BCUT2D eigenvalue weighted by Gasteiger charge is 2.16. The maximum Gasteiger partial charge on any atom is 0.396 e. The Labute approximate surface area is 108 Å². The number of fused-ring (bicyclic) bond motifs is 1. The average Bonchev–Trinajstić information content (AvgIpc) is 2.95. The molecule has 0 bridgehead atoms. The Balaban J connectivity index is 2.04. The van der Waals surface area contributed by atoms with Gasteiger partial charge in [-0.05, 0) is 12.1 Å². The predicted molar refractivity (Wildman–Crippen MR) is 66.4 cm³/mol. The molecule has 0 aliphatic rings. The van der Waals surface area contributed by atoms with E-state index in [1.807, 2.05) is 30.3 Å². The van der Waals surface area contributed by atoms with Crippen molar-refractivity contribution in [3.8, 4) is 11.6 Å². The molecule has 2 heterocycles. The van der Waals surface area contributed by atoms with Crippen LogP contribution in [0.1, 0.15) is 10.7 Å². The highest BCUT2D eigenvalue weighted by Crippen LogP contribution is 2.19. The van der Waals surface area contributed by atoms with E-state index in [4.69, 9.17) is 4.42 Å². The Kier molecular flexibility index (Phi) is 2.68. The summed E-state index contributed by atoms with van der Waals surface area (Å²) in [6.07, 6.45) is 0. The highest BCUT2D eigenvalue weighted by molar-refractivity contribution is 5.84. The van der Waals surface area contributed by atoms with Crippen LogP contribution in [-0.4, -0.2) is 28.3 Å². The van der Waals surface area contributed by atoms with Crippen LogP contribution in [0, 0.1) is 0 Å². The number of hydrogen-bond donors (Lipinski definition) is 0. The van der Waals surface area contributed by atoms with Crippen molar-refractivity contribution in [2.75, 3.05) is 7.11 Å². The van der Waals surface area contributed by atoms with Gasteiger partial charge < -0.3 is 9.15 Å². The van der Waals surface area contributed by atoms with Gasteiger partial charge in [-0.1, -0.05) is 24.3 Å². The van der Waals surface area contributed by atoms with Gasteiger partial charge in [0, 0.05) is 5.39 Å². The molecule has 2 aromatic heterocycles. The molecule has 0 aliphatic heterocycles. The molecule has 6 nitrogen and oxygen atoms in total. The summed E-state index contributed by atoms with van der Waals surface area (Å²) in [6.45, 7) is 0. The minimum atomic E-state index is -0.667. The summed E-state index contributed by atoms with van der Waals surface area (Å²) in [5.74, 6) is -0.668. The number of carbonyl (C=O) groups excluding carboxylic acids is 1. The molecule has 0 spiro atoms. The van der Waals surface area contributed by atoms with Gasteiger partial charge in [0.05, 0.1) is 12.6 Å². The van der Waals surface area contributed by atoms with E-state index in [0.717, 1.165) is 10.9 Å². The molecular weight excluding hydrogens is 246 g/mol. The van der Waals surface area contributed by atoms with Gasteiger partial charge in [-0.25, -0.2) is 9.78 Å². The molecule has 0 unspecified atom stereocenters. The zero-order valence-corrected chi connectivity index (χ0v) is 10.0. The second kappa shape index (κ2) is 4.49. The topological polar surface area (TPSA) is 78.1 Å². The lowest BCUT2D eigenvalue weighted by molar-refractivity contribution is 0.0556. The van der Waals surface area contributed by atoms with Crippen molar-refractivity contribution in [3.63, 3.8) is 0 Å². The smallest absolute Gasteiger partial charge is 0.396 e.